The molecule has 2 rings (SSSR count). The summed E-state index contributed by atoms with van der Waals surface area (Å²) in [7, 11) is -2.20. The summed E-state index contributed by atoms with van der Waals surface area (Å²) in [5.74, 6) is 0.509. The molecule has 0 aliphatic carbocycles. The van der Waals surface area contributed by atoms with E-state index in [4.69, 9.17) is 16.3 Å². The molecular formula is C12H13ClN2O3S. The van der Waals surface area contributed by atoms with Crippen molar-refractivity contribution in [3.05, 3.63) is 29.4 Å². The molecule has 0 saturated heterocycles. The van der Waals surface area contributed by atoms with Gasteiger partial charge >= 0.3 is 0 Å². The maximum absolute atomic E-state index is 12.0. The number of fused-ring (bicyclic) bond motifs is 1. The van der Waals surface area contributed by atoms with E-state index in [1.54, 1.807) is 18.2 Å². The fourth-order valence-corrected chi connectivity index (χ4v) is 2.83. The lowest BCUT2D eigenvalue weighted by Gasteiger charge is -2.11. The minimum atomic E-state index is -3.56. The Morgan fingerprint density at radius 1 is 1.32 bits per heavy atom. The van der Waals surface area contributed by atoms with Gasteiger partial charge in [0.1, 0.15) is 16.4 Å². The smallest absolute Gasteiger partial charge is 0.240 e. The summed E-state index contributed by atoms with van der Waals surface area (Å²) in [5, 5.41) is 0.761. The van der Waals surface area contributed by atoms with Crippen LogP contribution in [0.1, 0.15) is 6.92 Å². The van der Waals surface area contributed by atoms with Crippen molar-refractivity contribution in [3.8, 4) is 5.75 Å². The van der Waals surface area contributed by atoms with E-state index in [1.165, 1.54) is 13.1 Å². The van der Waals surface area contributed by atoms with Crippen LogP contribution in [0.5, 0.6) is 5.75 Å². The van der Waals surface area contributed by atoms with Crippen LogP contribution in [0.3, 0.4) is 0 Å². The van der Waals surface area contributed by atoms with Crippen molar-refractivity contribution in [2.75, 3.05) is 13.7 Å². The summed E-state index contributed by atoms with van der Waals surface area (Å²) in [6.45, 7) is 2.30. The average molecular weight is 301 g/mol. The Bertz CT molecular complexity index is 716. The monoisotopic (exact) mass is 300 g/mol. The number of aromatic nitrogens is 1. The Morgan fingerprint density at radius 3 is 2.68 bits per heavy atom. The van der Waals surface area contributed by atoms with Crippen molar-refractivity contribution < 1.29 is 13.2 Å². The number of hydrogen-bond donors (Lipinski definition) is 1. The lowest BCUT2D eigenvalue weighted by atomic mass is 10.2. The highest BCUT2D eigenvalue weighted by Gasteiger charge is 2.18. The zero-order valence-electron chi connectivity index (χ0n) is 10.5. The fourth-order valence-electron chi connectivity index (χ4n) is 1.76. The fraction of sp³-hybridized carbons (Fsp3) is 0.250. The van der Waals surface area contributed by atoms with Gasteiger partial charge in [-0.25, -0.2) is 18.1 Å². The zero-order valence-corrected chi connectivity index (χ0v) is 12.0. The molecule has 102 valence electrons. The molecule has 19 heavy (non-hydrogen) atoms. The lowest BCUT2D eigenvalue weighted by Crippen LogP contribution is -2.19. The first-order valence-electron chi connectivity index (χ1n) is 5.65. The quantitative estimate of drug-likeness (QED) is 0.879. The van der Waals surface area contributed by atoms with E-state index < -0.39 is 10.0 Å². The average Bonchev–Trinajstić information content (AvgIpc) is 2.39. The van der Waals surface area contributed by atoms with E-state index in [0.717, 1.165) is 0 Å². The molecule has 1 N–H and O–H groups in total. The van der Waals surface area contributed by atoms with Crippen molar-refractivity contribution in [3.63, 3.8) is 0 Å². The van der Waals surface area contributed by atoms with Crippen LogP contribution in [-0.2, 0) is 10.0 Å². The Balaban J connectivity index is 2.81. The van der Waals surface area contributed by atoms with Crippen LogP contribution >= 0.6 is 11.6 Å². The maximum Gasteiger partial charge on any atom is 0.240 e. The van der Waals surface area contributed by atoms with Crippen molar-refractivity contribution in [1.29, 1.82) is 0 Å². The van der Waals surface area contributed by atoms with Crippen LogP contribution in [0.2, 0.25) is 5.15 Å². The first-order valence-corrected chi connectivity index (χ1v) is 7.51. The summed E-state index contributed by atoms with van der Waals surface area (Å²) in [6, 6.07) is 6.25. The molecule has 5 nitrogen and oxygen atoms in total. The van der Waals surface area contributed by atoms with Crippen molar-refractivity contribution >= 4 is 32.5 Å². The van der Waals surface area contributed by atoms with Gasteiger partial charge in [-0.2, -0.15) is 0 Å². The van der Waals surface area contributed by atoms with Crippen LogP contribution in [0.25, 0.3) is 10.9 Å². The van der Waals surface area contributed by atoms with Crippen molar-refractivity contribution in [2.45, 2.75) is 11.8 Å². The number of hydrogen-bond acceptors (Lipinski definition) is 4. The summed E-state index contributed by atoms with van der Waals surface area (Å²) in [5.41, 5.74) is 0.436. The Morgan fingerprint density at radius 2 is 2.05 bits per heavy atom. The third kappa shape index (κ3) is 2.65. The van der Waals surface area contributed by atoms with Gasteiger partial charge < -0.3 is 4.74 Å². The third-order valence-electron chi connectivity index (χ3n) is 2.60. The third-order valence-corrected chi connectivity index (χ3v) is 4.29. The molecule has 7 heteroatoms. The highest BCUT2D eigenvalue weighted by molar-refractivity contribution is 7.89. The second-order valence-corrected chi connectivity index (χ2v) is 5.97. The minimum absolute atomic E-state index is 0.151. The van der Waals surface area contributed by atoms with Gasteiger partial charge in [0.2, 0.25) is 10.0 Å². The molecular weight excluding hydrogens is 288 g/mol. The van der Waals surface area contributed by atoms with E-state index in [1.807, 2.05) is 6.92 Å². The molecule has 0 atom stereocenters. The van der Waals surface area contributed by atoms with Gasteiger partial charge in [0, 0.05) is 5.39 Å². The summed E-state index contributed by atoms with van der Waals surface area (Å²) < 4.78 is 31.6. The van der Waals surface area contributed by atoms with Gasteiger partial charge in [-0.15, -0.1) is 0 Å². The van der Waals surface area contributed by atoms with E-state index in [2.05, 4.69) is 9.71 Å². The minimum Gasteiger partial charge on any atom is -0.492 e. The van der Waals surface area contributed by atoms with E-state index in [9.17, 15) is 8.42 Å². The first-order chi connectivity index (χ1) is 8.99. The van der Waals surface area contributed by atoms with Gasteiger partial charge in [0.25, 0.3) is 0 Å². The highest BCUT2D eigenvalue weighted by atomic mass is 35.5. The van der Waals surface area contributed by atoms with Crippen molar-refractivity contribution in [2.24, 2.45) is 0 Å². The number of halogens is 1. The van der Waals surface area contributed by atoms with Crippen LogP contribution in [0, 0.1) is 0 Å². The zero-order chi connectivity index (χ0) is 14.0. The highest BCUT2D eigenvalue weighted by Crippen LogP contribution is 2.30. The molecule has 2 aromatic rings. The maximum atomic E-state index is 12.0. The second kappa shape index (κ2) is 5.32. The summed E-state index contributed by atoms with van der Waals surface area (Å²) in [4.78, 5) is 4.30. The normalized spacial score (nSPS) is 11.7. The molecule has 0 amide bonds. The van der Waals surface area contributed by atoms with E-state index in [-0.39, 0.29) is 10.0 Å². The topological polar surface area (TPSA) is 68.3 Å². The Labute approximate surface area is 116 Å². The largest absolute Gasteiger partial charge is 0.492 e. The van der Waals surface area contributed by atoms with Gasteiger partial charge in [0.05, 0.1) is 11.5 Å². The van der Waals surface area contributed by atoms with E-state index >= 15 is 0 Å². The van der Waals surface area contributed by atoms with E-state index in [0.29, 0.717) is 23.3 Å². The Kier molecular flexibility index (Phi) is 3.93. The number of rotatable bonds is 4. The number of nitrogens with zero attached hydrogens (tertiary/aromatic N) is 1. The number of sulfonamides is 1. The molecule has 0 radical (unpaired) electrons. The molecule has 0 unspecified atom stereocenters. The van der Waals surface area contributed by atoms with Crippen LogP contribution in [0.4, 0.5) is 0 Å². The van der Waals surface area contributed by atoms with Gasteiger partial charge in [-0.1, -0.05) is 11.6 Å². The predicted molar refractivity (Wildman–Crippen MR) is 74.2 cm³/mol. The van der Waals surface area contributed by atoms with Crippen LogP contribution in [0.15, 0.2) is 29.2 Å². The van der Waals surface area contributed by atoms with Gasteiger partial charge in [0.15, 0.2) is 0 Å². The summed E-state index contributed by atoms with van der Waals surface area (Å²) in [6.07, 6.45) is 0. The standard InChI is InChI=1S/C12H13ClN2O3S/c1-3-18-9-5-6-10(19(16,17)14-2)8-4-7-11(13)15-12(8)9/h4-7,14H,3H2,1-2H3. The second-order valence-electron chi connectivity index (χ2n) is 3.73. The lowest BCUT2D eigenvalue weighted by molar-refractivity contribution is 0.343. The number of benzene rings is 1. The molecule has 0 spiro atoms. The molecule has 0 aliphatic rings. The predicted octanol–water partition coefficient (Wildman–Crippen LogP) is 2.20. The first kappa shape index (κ1) is 14.0. The van der Waals surface area contributed by atoms with Crippen molar-refractivity contribution in [1.82, 2.24) is 9.71 Å². The van der Waals surface area contributed by atoms with Gasteiger partial charge in [-0.3, -0.25) is 0 Å². The summed E-state index contributed by atoms with van der Waals surface area (Å²) >= 11 is 5.86. The molecule has 0 fully saturated rings. The molecule has 0 saturated carbocycles. The molecule has 1 aromatic heterocycles. The molecule has 0 aliphatic heterocycles. The SMILES string of the molecule is CCOc1ccc(S(=O)(=O)NC)c2ccc(Cl)nc12. The van der Waals surface area contributed by atoms with Gasteiger partial charge in [-0.05, 0) is 38.2 Å². The Hall–Kier alpha value is -1.37. The number of nitrogens with one attached hydrogen (secondary N) is 1. The van der Waals surface area contributed by atoms with Crippen LogP contribution in [-0.4, -0.2) is 27.1 Å². The van der Waals surface area contributed by atoms with Crippen LogP contribution < -0.4 is 9.46 Å². The number of ether oxygens (including phenoxy) is 1. The molecule has 0 bridgehead atoms. The molecule has 1 aromatic carbocycles. The number of pyridine rings is 1. The molecule has 1 heterocycles.